The van der Waals surface area contributed by atoms with E-state index >= 15 is 0 Å². The number of nitrogen functional groups attached to an aromatic ring is 1. The van der Waals surface area contributed by atoms with Crippen LogP contribution in [0.2, 0.25) is 0 Å². The summed E-state index contributed by atoms with van der Waals surface area (Å²) in [6.45, 7) is -0.226. The molecule has 1 aromatic rings. The molecule has 0 aliphatic rings. The molecule has 0 amide bonds. The first-order valence-corrected chi connectivity index (χ1v) is 8.61. The van der Waals surface area contributed by atoms with Crippen LogP contribution in [0.15, 0.2) is 23.2 Å². The number of anilines is 1. The van der Waals surface area contributed by atoms with Crippen LogP contribution in [-0.2, 0) is 20.0 Å². The predicted octanol–water partition coefficient (Wildman–Crippen LogP) is -1.46. The molecule has 1 heterocycles. The zero-order valence-electron chi connectivity index (χ0n) is 11.1. The van der Waals surface area contributed by atoms with Crippen LogP contribution in [0.25, 0.3) is 0 Å². The van der Waals surface area contributed by atoms with Crippen LogP contribution in [0.4, 0.5) is 5.82 Å². The molecule has 0 saturated carbocycles. The predicted molar refractivity (Wildman–Crippen MR) is 74.7 cm³/mol. The van der Waals surface area contributed by atoms with Gasteiger partial charge in [0.15, 0.2) is 0 Å². The molecule has 0 saturated heterocycles. The summed E-state index contributed by atoms with van der Waals surface area (Å²) in [6, 6.07) is 2.52. The van der Waals surface area contributed by atoms with Crippen molar-refractivity contribution in [3.05, 3.63) is 18.3 Å². The minimum Gasteiger partial charge on any atom is -0.308 e. The van der Waals surface area contributed by atoms with E-state index in [4.69, 9.17) is 5.84 Å². The summed E-state index contributed by atoms with van der Waals surface area (Å²) in [5.74, 6) is 5.00. The van der Waals surface area contributed by atoms with Gasteiger partial charge in [0.2, 0.25) is 20.0 Å². The van der Waals surface area contributed by atoms with E-state index in [1.54, 1.807) is 0 Å². The van der Waals surface area contributed by atoms with Crippen LogP contribution >= 0.6 is 0 Å². The number of aromatic nitrogens is 1. The summed E-state index contributed by atoms with van der Waals surface area (Å²) in [4.78, 5) is 3.73. The van der Waals surface area contributed by atoms with Gasteiger partial charge in [-0.25, -0.2) is 36.7 Å². The smallest absolute Gasteiger partial charge is 0.240 e. The highest BCUT2D eigenvalue weighted by atomic mass is 32.2. The molecular weight excluding hydrogens is 306 g/mol. The third-order valence-electron chi connectivity index (χ3n) is 2.40. The fourth-order valence-electron chi connectivity index (χ4n) is 1.23. The maximum atomic E-state index is 11.9. The summed E-state index contributed by atoms with van der Waals surface area (Å²) >= 11 is 0. The lowest BCUT2D eigenvalue weighted by atomic mass is 10.5. The third kappa shape index (κ3) is 4.38. The van der Waals surface area contributed by atoms with Gasteiger partial charge in [0.1, 0.15) is 5.82 Å². The summed E-state index contributed by atoms with van der Waals surface area (Å²) in [6.07, 6.45) is 1.28. The SMILES string of the molecule is CN(C)S(=O)(=O)CCNS(=O)(=O)c1ccnc(NN)c1. The first kappa shape index (κ1) is 16.8. The normalized spacial score (nSPS) is 12.6. The van der Waals surface area contributed by atoms with E-state index < -0.39 is 20.0 Å². The number of nitrogens with two attached hydrogens (primary N) is 1. The number of pyridine rings is 1. The Labute approximate surface area is 118 Å². The number of hydrogen-bond donors (Lipinski definition) is 3. The Balaban J connectivity index is 2.76. The summed E-state index contributed by atoms with van der Waals surface area (Å²) < 4.78 is 50.1. The van der Waals surface area contributed by atoms with Crippen LogP contribution in [0.1, 0.15) is 0 Å². The van der Waals surface area contributed by atoms with E-state index in [0.717, 1.165) is 4.31 Å². The lowest BCUT2D eigenvalue weighted by Gasteiger charge is -2.12. The van der Waals surface area contributed by atoms with Crippen molar-refractivity contribution in [2.75, 3.05) is 31.8 Å². The quantitative estimate of drug-likeness (QED) is 0.412. The Kier molecular flexibility index (Phi) is 5.42. The number of hydrazine groups is 1. The highest BCUT2D eigenvalue weighted by Crippen LogP contribution is 2.11. The van der Waals surface area contributed by atoms with Gasteiger partial charge in [-0.1, -0.05) is 0 Å². The Morgan fingerprint density at radius 2 is 1.95 bits per heavy atom. The Morgan fingerprint density at radius 1 is 1.30 bits per heavy atom. The van der Waals surface area contributed by atoms with E-state index in [1.807, 2.05) is 0 Å². The van der Waals surface area contributed by atoms with Crippen molar-refractivity contribution in [1.82, 2.24) is 14.0 Å². The summed E-state index contributed by atoms with van der Waals surface area (Å²) in [5.41, 5.74) is 2.23. The molecule has 0 fully saturated rings. The van der Waals surface area contributed by atoms with Crippen molar-refractivity contribution in [2.24, 2.45) is 5.84 Å². The molecular formula is C9H17N5O4S2. The zero-order valence-corrected chi connectivity index (χ0v) is 12.7. The molecule has 1 aromatic heterocycles. The number of nitrogens with one attached hydrogen (secondary N) is 2. The molecule has 0 bridgehead atoms. The van der Waals surface area contributed by atoms with Gasteiger partial charge in [-0.3, -0.25) is 0 Å². The Hall–Kier alpha value is -1.27. The molecule has 0 aliphatic heterocycles. The molecule has 11 heteroatoms. The van der Waals surface area contributed by atoms with Gasteiger partial charge in [-0.05, 0) is 6.07 Å². The second-order valence-electron chi connectivity index (χ2n) is 4.02. The highest BCUT2D eigenvalue weighted by molar-refractivity contribution is 7.90. The second-order valence-corrected chi connectivity index (χ2v) is 8.09. The lowest BCUT2D eigenvalue weighted by Crippen LogP contribution is -2.34. The molecule has 0 aromatic carbocycles. The van der Waals surface area contributed by atoms with Gasteiger partial charge >= 0.3 is 0 Å². The van der Waals surface area contributed by atoms with Gasteiger partial charge in [-0.15, -0.1) is 0 Å². The van der Waals surface area contributed by atoms with Crippen LogP contribution in [-0.4, -0.2) is 52.5 Å². The maximum Gasteiger partial charge on any atom is 0.240 e. The number of sulfonamides is 2. The largest absolute Gasteiger partial charge is 0.308 e. The van der Waals surface area contributed by atoms with Crippen molar-refractivity contribution in [2.45, 2.75) is 4.90 Å². The van der Waals surface area contributed by atoms with Gasteiger partial charge in [-0.2, -0.15) is 0 Å². The molecule has 0 spiro atoms. The van der Waals surface area contributed by atoms with Gasteiger partial charge in [0.05, 0.1) is 10.6 Å². The minimum atomic E-state index is -3.81. The van der Waals surface area contributed by atoms with E-state index in [2.05, 4.69) is 15.1 Å². The molecule has 0 radical (unpaired) electrons. The molecule has 4 N–H and O–H groups in total. The van der Waals surface area contributed by atoms with E-state index in [0.29, 0.717) is 0 Å². The fourth-order valence-corrected chi connectivity index (χ4v) is 3.13. The average Bonchev–Trinajstić information content (AvgIpc) is 2.38. The molecule has 0 atom stereocenters. The van der Waals surface area contributed by atoms with Crippen LogP contribution in [0.5, 0.6) is 0 Å². The molecule has 1 rings (SSSR count). The molecule has 9 nitrogen and oxygen atoms in total. The summed E-state index contributed by atoms with van der Waals surface area (Å²) in [7, 11) is -4.50. The maximum absolute atomic E-state index is 11.9. The first-order chi connectivity index (χ1) is 9.19. The van der Waals surface area contributed by atoms with E-state index in [-0.39, 0.29) is 23.0 Å². The van der Waals surface area contributed by atoms with Crippen LogP contribution in [0.3, 0.4) is 0 Å². The monoisotopic (exact) mass is 323 g/mol. The van der Waals surface area contributed by atoms with Crippen molar-refractivity contribution >= 4 is 25.9 Å². The second kappa shape index (κ2) is 6.45. The van der Waals surface area contributed by atoms with Gasteiger partial charge in [0, 0.05) is 32.9 Å². The van der Waals surface area contributed by atoms with E-state index in [9.17, 15) is 16.8 Å². The Bertz CT molecular complexity index is 657. The van der Waals surface area contributed by atoms with Crippen LogP contribution < -0.4 is 16.0 Å². The molecule has 20 heavy (non-hydrogen) atoms. The standard InChI is InChI=1S/C9H17N5O4S2/c1-14(2)19(15,16)6-5-12-20(17,18)8-3-4-11-9(7-8)13-10/h3-4,7,12H,5-6,10H2,1-2H3,(H,11,13). The van der Waals surface area contributed by atoms with Crippen molar-refractivity contribution in [1.29, 1.82) is 0 Å². The van der Waals surface area contributed by atoms with Crippen molar-refractivity contribution < 1.29 is 16.8 Å². The van der Waals surface area contributed by atoms with Gasteiger partial charge in [0.25, 0.3) is 0 Å². The van der Waals surface area contributed by atoms with Gasteiger partial charge < -0.3 is 5.43 Å². The number of nitrogens with zero attached hydrogens (tertiary/aromatic N) is 2. The highest BCUT2D eigenvalue weighted by Gasteiger charge is 2.18. The minimum absolute atomic E-state index is 0.0531. The summed E-state index contributed by atoms with van der Waals surface area (Å²) in [5, 5.41) is 0. The topological polar surface area (TPSA) is 134 Å². The molecule has 0 aliphatic carbocycles. The molecule has 114 valence electrons. The Morgan fingerprint density at radius 3 is 2.50 bits per heavy atom. The van der Waals surface area contributed by atoms with Crippen molar-refractivity contribution in [3.8, 4) is 0 Å². The number of hydrogen-bond acceptors (Lipinski definition) is 7. The van der Waals surface area contributed by atoms with Crippen molar-refractivity contribution in [3.63, 3.8) is 0 Å². The van der Waals surface area contributed by atoms with E-state index in [1.165, 1.54) is 32.4 Å². The number of rotatable bonds is 7. The zero-order chi connectivity index (χ0) is 15.4. The fraction of sp³-hybridized carbons (Fsp3) is 0.444. The third-order valence-corrected chi connectivity index (χ3v) is 5.69. The molecule has 0 unspecified atom stereocenters. The van der Waals surface area contributed by atoms with Crippen LogP contribution in [0, 0.1) is 0 Å². The average molecular weight is 323 g/mol. The first-order valence-electron chi connectivity index (χ1n) is 5.51. The lowest BCUT2D eigenvalue weighted by molar-refractivity contribution is 0.519.